The van der Waals surface area contributed by atoms with Crippen LogP contribution in [0.15, 0.2) is 0 Å². The third-order valence-electron chi connectivity index (χ3n) is 15.8. The minimum Gasteiger partial charge on any atom is -0.462 e. The molecule has 0 fully saturated rings. The summed E-state index contributed by atoms with van der Waals surface area (Å²) in [5.41, 5.74) is 0. The van der Waals surface area contributed by atoms with Crippen LogP contribution in [0.2, 0.25) is 0 Å². The molecule has 434 valence electrons. The van der Waals surface area contributed by atoms with Crippen LogP contribution in [-0.2, 0) is 28.6 Å². The molecule has 0 saturated heterocycles. The lowest BCUT2D eigenvalue weighted by Gasteiger charge is -2.18. The van der Waals surface area contributed by atoms with Crippen molar-refractivity contribution >= 4 is 17.9 Å². The number of ether oxygens (including phenoxy) is 3. The van der Waals surface area contributed by atoms with Gasteiger partial charge in [-0.2, -0.15) is 0 Å². The number of carbonyl (C=O) groups is 3. The molecule has 0 bridgehead atoms. The Hall–Kier alpha value is -1.59. The second kappa shape index (κ2) is 58.1. The number of esters is 3. The molecule has 0 aromatic rings. The Labute approximate surface area is 457 Å². The summed E-state index contributed by atoms with van der Waals surface area (Å²) in [6.07, 6.45) is 63.9. The summed E-state index contributed by atoms with van der Waals surface area (Å²) >= 11 is 0. The minimum absolute atomic E-state index is 0.0624. The molecule has 0 saturated carbocycles. The van der Waals surface area contributed by atoms with E-state index in [1.165, 1.54) is 257 Å². The second-order valence-electron chi connectivity index (χ2n) is 24.3. The summed E-state index contributed by atoms with van der Waals surface area (Å²) < 4.78 is 17.0. The molecule has 0 aromatic carbocycles. The van der Waals surface area contributed by atoms with Crippen LogP contribution < -0.4 is 0 Å². The fourth-order valence-corrected chi connectivity index (χ4v) is 10.4. The first-order valence-electron chi connectivity index (χ1n) is 33.1. The predicted molar refractivity (Wildman–Crippen MR) is 316 cm³/mol. The molecule has 2 atom stereocenters. The van der Waals surface area contributed by atoms with Crippen LogP contribution in [0, 0.1) is 17.8 Å². The van der Waals surface area contributed by atoms with E-state index in [4.69, 9.17) is 14.2 Å². The molecule has 0 aliphatic heterocycles. The van der Waals surface area contributed by atoms with Crippen LogP contribution in [0.5, 0.6) is 0 Å². The topological polar surface area (TPSA) is 78.9 Å². The SMILES string of the molecule is CCC(C)CCCCCCCCCCCCCCCCCCCCC(=O)OC[C@H](COC(=O)CCCCCCCCCCCCCC(C)C)OC(=O)CCCCCCCCCCCCCCCCCCC(C)C. The van der Waals surface area contributed by atoms with Crippen LogP contribution in [-0.4, -0.2) is 37.2 Å². The van der Waals surface area contributed by atoms with Gasteiger partial charge in [0.15, 0.2) is 6.10 Å². The maximum atomic E-state index is 12.9. The van der Waals surface area contributed by atoms with Gasteiger partial charge < -0.3 is 14.2 Å². The smallest absolute Gasteiger partial charge is 0.306 e. The molecule has 0 spiro atoms. The molecule has 0 aromatic heterocycles. The predicted octanol–water partition coefficient (Wildman–Crippen LogP) is 22.2. The Balaban J connectivity index is 4.25. The first-order chi connectivity index (χ1) is 35.6. The number of unbranched alkanes of at least 4 members (excludes halogenated alkanes) is 42. The van der Waals surface area contributed by atoms with Gasteiger partial charge in [0.1, 0.15) is 13.2 Å². The zero-order valence-corrected chi connectivity index (χ0v) is 50.4. The second-order valence-corrected chi connectivity index (χ2v) is 24.3. The van der Waals surface area contributed by atoms with Crippen molar-refractivity contribution in [1.82, 2.24) is 0 Å². The molecule has 6 heteroatoms. The molecule has 0 N–H and O–H groups in total. The van der Waals surface area contributed by atoms with Gasteiger partial charge >= 0.3 is 17.9 Å². The molecule has 0 heterocycles. The van der Waals surface area contributed by atoms with E-state index in [0.29, 0.717) is 19.3 Å². The van der Waals surface area contributed by atoms with Crippen molar-refractivity contribution in [2.75, 3.05) is 13.2 Å². The van der Waals surface area contributed by atoms with Crippen LogP contribution in [0.25, 0.3) is 0 Å². The normalized spacial score (nSPS) is 12.5. The van der Waals surface area contributed by atoms with Crippen molar-refractivity contribution in [2.45, 2.75) is 382 Å². The molecular formula is C67H130O6. The van der Waals surface area contributed by atoms with E-state index in [2.05, 4.69) is 41.5 Å². The molecular weight excluding hydrogens is 901 g/mol. The highest BCUT2D eigenvalue weighted by molar-refractivity contribution is 5.71. The molecule has 73 heavy (non-hydrogen) atoms. The third kappa shape index (κ3) is 59.5. The van der Waals surface area contributed by atoms with Gasteiger partial charge in [0.25, 0.3) is 0 Å². The van der Waals surface area contributed by atoms with Crippen molar-refractivity contribution in [2.24, 2.45) is 17.8 Å². The lowest BCUT2D eigenvalue weighted by atomic mass is 9.99. The van der Waals surface area contributed by atoms with E-state index >= 15 is 0 Å². The van der Waals surface area contributed by atoms with E-state index in [0.717, 1.165) is 75.5 Å². The van der Waals surface area contributed by atoms with E-state index in [9.17, 15) is 14.4 Å². The summed E-state index contributed by atoms with van der Waals surface area (Å²) in [6, 6.07) is 0. The molecule has 0 radical (unpaired) electrons. The molecule has 0 aliphatic carbocycles. The summed E-state index contributed by atoms with van der Waals surface area (Å²) in [5.74, 6) is 1.75. The maximum Gasteiger partial charge on any atom is 0.306 e. The highest BCUT2D eigenvalue weighted by Crippen LogP contribution is 2.20. The Morgan fingerprint density at radius 3 is 0.712 bits per heavy atom. The van der Waals surface area contributed by atoms with Gasteiger partial charge in [0, 0.05) is 19.3 Å². The fourth-order valence-electron chi connectivity index (χ4n) is 10.4. The monoisotopic (exact) mass is 1030 g/mol. The van der Waals surface area contributed by atoms with E-state index in [-0.39, 0.29) is 31.1 Å². The molecule has 1 unspecified atom stereocenters. The minimum atomic E-state index is -0.765. The standard InChI is InChI=1S/C67H130O6/c1-7-63(6)55-49-43-37-31-25-19-15-10-8-9-11-16-20-26-32-38-44-50-56-65(68)71-59-64(60-72-66(69)57-51-45-39-33-28-22-24-30-36-42-48-54-62(4)5)73-67(70)58-52-46-40-34-27-21-17-13-12-14-18-23-29-35-41-47-53-61(2)3/h61-64H,7-60H2,1-6H3/t63?,64-/m1/s1. The first-order valence-corrected chi connectivity index (χ1v) is 33.1. The zero-order chi connectivity index (χ0) is 53.3. The van der Waals surface area contributed by atoms with E-state index in [1.807, 2.05) is 0 Å². The van der Waals surface area contributed by atoms with Crippen LogP contribution >= 0.6 is 0 Å². The van der Waals surface area contributed by atoms with Gasteiger partial charge in [-0.15, -0.1) is 0 Å². The summed E-state index contributed by atoms with van der Waals surface area (Å²) in [7, 11) is 0. The van der Waals surface area contributed by atoms with Gasteiger partial charge in [-0.3, -0.25) is 14.4 Å². The summed E-state index contributed by atoms with van der Waals surface area (Å²) in [4.78, 5) is 38.3. The van der Waals surface area contributed by atoms with Crippen molar-refractivity contribution in [3.8, 4) is 0 Å². The lowest BCUT2D eigenvalue weighted by Crippen LogP contribution is -2.30. The van der Waals surface area contributed by atoms with Gasteiger partial charge in [0.2, 0.25) is 0 Å². The number of carbonyl (C=O) groups excluding carboxylic acids is 3. The van der Waals surface area contributed by atoms with Crippen molar-refractivity contribution in [1.29, 1.82) is 0 Å². The van der Waals surface area contributed by atoms with Gasteiger partial charge in [-0.25, -0.2) is 0 Å². The average molecular weight is 1030 g/mol. The lowest BCUT2D eigenvalue weighted by molar-refractivity contribution is -0.167. The summed E-state index contributed by atoms with van der Waals surface area (Å²) in [6.45, 7) is 13.9. The van der Waals surface area contributed by atoms with Crippen LogP contribution in [0.1, 0.15) is 375 Å². The van der Waals surface area contributed by atoms with E-state index < -0.39 is 6.10 Å². The number of rotatable bonds is 60. The Morgan fingerprint density at radius 2 is 0.479 bits per heavy atom. The summed E-state index contributed by atoms with van der Waals surface area (Å²) in [5, 5.41) is 0. The Morgan fingerprint density at radius 1 is 0.274 bits per heavy atom. The molecule has 0 rings (SSSR count). The molecule has 0 aliphatic rings. The Kier molecular flexibility index (Phi) is 56.8. The van der Waals surface area contributed by atoms with Crippen LogP contribution in [0.4, 0.5) is 0 Å². The Bertz CT molecular complexity index is 1130. The van der Waals surface area contributed by atoms with Gasteiger partial charge in [-0.1, -0.05) is 337 Å². The van der Waals surface area contributed by atoms with Crippen molar-refractivity contribution in [3.05, 3.63) is 0 Å². The third-order valence-corrected chi connectivity index (χ3v) is 15.8. The number of hydrogen-bond donors (Lipinski definition) is 0. The van der Waals surface area contributed by atoms with Gasteiger partial charge in [0.05, 0.1) is 0 Å². The van der Waals surface area contributed by atoms with Crippen molar-refractivity contribution in [3.63, 3.8) is 0 Å². The maximum absolute atomic E-state index is 12.9. The largest absolute Gasteiger partial charge is 0.462 e. The molecule has 0 amide bonds. The number of hydrogen-bond acceptors (Lipinski definition) is 6. The van der Waals surface area contributed by atoms with E-state index in [1.54, 1.807) is 0 Å². The average Bonchev–Trinajstić information content (AvgIpc) is 3.37. The highest BCUT2D eigenvalue weighted by atomic mass is 16.6. The quantitative estimate of drug-likeness (QED) is 0.0343. The van der Waals surface area contributed by atoms with Crippen molar-refractivity contribution < 1.29 is 28.6 Å². The van der Waals surface area contributed by atoms with Gasteiger partial charge in [-0.05, 0) is 37.0 Å². The van der Waals surface area contributed by atoms with Crippen LogP contribution in [0.3, 0.4) is 0 Å². The highest BCUT2D eigenvalue weighted by Gasteiger charge is 2.20. The fraction of sp³-hybridized carbons (Fsp3) is 0.955. The molecule has 6 nitrogen and oxygen atoms in total. The first kappa shape index (κ1) is 71.4. The zero-order valence-electron chi connectivity index (χ0n) is 50.4.